The number of phosphoric acid groups is 1. The molecule has 54 heavy (non-hydrogen) atoms. The number of aliphatic hydroxyl groups excluding tert-OH is 1. The Morgan fingerprint density at radius 3 is 1.19 bits per heavy atom. The lowest BCUT2D eigenvalue weighted by Crippen LogP contribution is -2.46. The number of carbonyl (C=O) groups excluding carboxylic acids is 1. The topological polar surface area (TPSA) is 131 Å². The van der Waals surface area contributed by atoms with Gasteiger partial charge in [0.15, 0.2) is 0 Å². The fourth-order valence-electron chi connectivity index (χ4n) is 7.37. The fraction of sp³-hybridized carbons (Fsp3) is 0.978. The van der Waals surface area contributed by atoms with Crippen LogP contribution in [0.4, 0.5) is 0 Å². The minimum Gasteiger partial charge on any atom is -0.391 e. The quantitative estimate of drug-likeness (QED) is 0.0357. The molecular weight excluding hydrogens is 695 g/mol. The Hall–Kier alpha value is -0.500. The molecule has 1 amide bonds. The summed E-state index contributed by atoms with van der Waals surface area (Å²) in [6, 6.07) is -0.767. The van der Waals surface area contributed by atoms with Crippen molar-refractivity contribution in [3.63, 3.8) is 0 Å². The molecule has 0 radical (unpaired) electrons. The van der Waals surface area contributed by atoms with E-state index in [1.165, 1.54) is 186 Å². The average molecular weight is 789 g/mol. The normalized spacial score (nSPS) is 13.9. The SMILES string of the molecule is CCCCCCCCCCCCCCCCCCCCCCCCCCC(=O)N[C@@H](COP(=O)(O)OCCN)[C@H](O)CCCCCCCCCCCCC. The van der Waals surface area contributed by atoms with Crippen LogP contribution in [-0.4, -0.2) is 47.8 Å². The number of nitrogens with two attached hydrogens (primary N) is 1. The second-order valence-corrected chi connectivity index (χ2v) is 17.8. The van der Waals surface area contributed by atoms with E-state index >= 15 is 0 Å². The summed E-state index contributed by atoms with van der Waals surface area (Å²) in [4.78, 5) is 22.7. The van der Waals surface area contributed by atoms with Crippen molar-refractivity contribution in [2.45, 2.75) is 264 Å². The van der Waals surface area contributed by atoms with Crippen molar-refractivity contribution in [2.75, 3.05) is 19.8 Å². The second-order valence-electron chi connectivity index (χ2n) is 16.3. The van der Waals surface area contributed by atoms with Crippen molar-refractivity contribution >= 4 is 13.7 Å². The lowest BCUT2D eigenvalue weighted by molar-refractivity contribution is -0.123. The summed E-state index contributed by atoms with van der Waals surface area (Å²) >= 11 is 0. The molecule has 0 aromatic carbocycles. The van der Waals surface area contributed by atoms with Crippen LogP contribution >= 0.6 is 7.82 Å². The molecule has 0 rings (SSSR count). The van der Waals surface area contributed by atoms with Gasteiger partial charge in [0.25, 0.3) is 0 Å². The Balaban J connectivity index is 3.93. The molecular formula is C45H93N2O6P. The van der Waals surface area contributed by atoms with Crippen LogP contribution in [-0.2, 0) is 18.4 Å². The standard InChI is InChI=1S/C45H93N2O6P/c1-3-5-7-9-11-13-15-16-17-18-19-20-21-22-23-24-25-26-27-29-31-33-35-37-39-45(49)47-43(42-53-54(50,51)52-41-40-46)44(48)38-36-34-32-30-28-14-12-10-8-6-4-2/h43-44,48H,3-42,46H2,1-2H3,(H,47,49)(H,50,51)/t43-,44+/m0/s1. The zero-order valence-corrected chi connectivity index (χ0v) is 36.9. The maximum Gasteiger partial charge on any atom is 0.472 e. The predicted octanol–water partition coefficient (Wildman–Crippen LogP) is 13.4. The van der Waals surface area contributed by atoms with E-state index in [2.05, 4.69) is 19.2 Å². The van der Waals surface area contributed by atoms with Gasteiger partial charge in [-0.25, -0.2) is 4.57 Å². The van der Waals surface area contributed by atoms with Gasteiger partial charge < -0.3 is 21.1 Å². The van der Waals surface area contributed by atoms with E-state index in [0.717, 1.165) is 38.5 Å². The largest absolute Gasteiger partial charge is 0.472 e. The van der Waals surface area contributed by atoms with Gasteiger partial charge in [0.2, 0.25) is 5.91 Å². The third-order valence-corrected chi connectivity index (χ3v) is 11.9. The van der Waals surface area contributed by atoms with Crippen LogP contribution in [0.1, 0.15) is 251 Å². The van der Waals surface area contributed by atoms with E-state index in [0.29, 0.717) is 12.8 Å². The molecule has 0 aliphatic carbocycles. The minimum atomic E-state index is -4.31. The molecule has 0 fully saturated rings. The molecule has 0 aromatic rings. The molecule has 0 heterocycles. The molecule has 3 atom stereocenters. The molecule has 0 aliphatic heterocycles. The Bertz CT molecular complexity index is 819. The highest BCUT2D eigenvalue weighted by molar-refractivity contribution is 7.47. The molecule has 5 N–H and O–H groups in total. The van der Waals surface area contributed by atoms with Gasteiger partial charge in [0.1, 0.15) is 0 Å². The number of phosphoric ester groups is 1. The Morgan fingerprint density at radius 2 is 0.852 bits per heavy atom. The maximum atomic E-state index is 12.8. The van der Waals surface area contributed by atoms with Crippen LogP contribution < -0.4 is 11.1 Å². The van der Waals surface area contributed by atoms with Crippen molar-refractivity contribution in [3.8, 4) is 0 Å². The van der Waals surface area contributed by atoms with Gasteiger partial charge in [-0.1, -0.05) is 232 Å². The number of hydrogen-bond acceptors (Lipinski definition) is 6. The summed E-state index contributed by atoms with van der Waals surface area (Å²) in [5.41, 5.74) is 5.38. The average Bonchev–Trinajstić information content (AvgIpc) is 3.16. The van der Waals surface area contributed by atoms with E-state index in [1.54, 1.807) is 0 Å². The van der Waals surface area contributed by atoms with Crippen molar-refractivity contribution < 1.29 is 28.4 Å². The van der Waals surface area contributed by atoms with Gasteiger partial charge in [0, 0.05) is 13.0 Å². The highest BCUT2D eigenvalue weighted by Crippen LogP contribution is 2.43. The Labute approximate surface area is 335 Å². The first-order chi connectivity index (χ1) is 26.4. The smallest absolute Gasteiger partial charge is 0.391 e. The summed E-state index contributed by atoms with van der Waals surface area (Å²) < 4.78 is 22.2. The van der Waals surface area contributed by atoms with Gasteiger partial charge in [-0.2, -0.15) is 0 Å². The first kappa shape index (κ1) is 53.5. The summed E-state index contributed by atoms with van der Waals surface area (Å²) in [6.07, 6.45) is 45.6. The van der Waals surface area contributed by atoms with Gasteiger partial charge in [-0.3, -0.25) is 13.8 Å². The number of carbonyl (C=O) groups is 1. The molecule has 1 unspecified atom stereocenters. The van der Waals surface area contributed by atoms with Crippen LogP contribution in [0.2, 0.25) is 0 Å². The highest BCUT2D eigenvalue weighted by atomic mass is 31.2. The number of hydrogen-bond donors (Lipinski definition) is 4. The molecule has 324 valence electrons. The lowest BCUT2D eigenvalue weighted by Gasteiger charge is -2.25. The van der Waals surface area contributed by atoms with Gasteiger partial charge in [-0.15, -0.1) is 0 Å². The van der Waals surface area contributed by atoms with E-state index < -0.39 is 20.0 Å². The van der Waals surface area contributed by atoms with Gasteiger partial charge >= 0.3 is 7.82 Å². The van der Waals surface area contributed by atoms with Gasteiger partial charge in [0.05, 0.1) is 25.4 Å². The maximum absolute atomic E-state index is 12.8. The Kier molecular flexibility index (Phi) is 41.7. The number of aliphatic hydroxyl groups is 1. The highest BCUT2D eigenvalue weighted by Gasteiger charge is 2.27. The fourth-order valence-corrected chi connectivity index (χ4v) is 8.13. The molecule has 0 aliphatic rings. The number of nitrogens with one attached hydrogen (secondary N) is 1. The summed E-state index contributed by atoms with van der Waals surface area (Å²) in [6.45, 7) is 4.23. The molecule has 9 heteroatoms. The van der Waals surface area contributed by atoms with Crippen molar-refractivity contribution in [3.05, 3.63) is 0 Å². The van der Waals surface area contributed by atoms with E-state index in [4.69, 9.17) is 14.8 Å². The molecule has 0 saturated carbocycles. The summed E-state index contributed by atoms with van der Waals surface area (Å²) in [5, 5.41) is 13.8. The molecule has 0 bridgehead atoms. The van der Waals surface area contributed by atoms with E-state index in [1.807, 2.05) is 0 Å². The Morgan fingerprint density at radius 1 is 0.537 bits per heavy atom. The predicted molar refractivity (Wildman–Crippen MR) is 231 cm³/mol. The summed E-state index contributed by atoms with van der Waals surface area (Å²) in [5.74, 6) is -0.156. The minimum absolute atomic E-state index is 0.0924. The molecule has 0 saturated heterocycles. The summed E-state index contributed by atoms with van der Waals surface area (Å²) in [7, 11) is -4.31. The van der Waals surface area contributed by atoms with Gasteiger partial charge in [-0.05, 0) is 12.8 Å². The zero-order valence-electron chi connectivity index (χ0n) is 36.0. The van der Waals surface area contributed by atoms with Crippen molar-refractivity contribution in [1.82, 2.24) is 5.32 Å². The van der Waals surface area contributed by atoms with Crippen LogP contribution in [0.25, 0.3) is 0 Å². The number of amides is 1. The molecule has 0 spiro atoms. The first-order valence-electron chi connectivity index (χ1n) is 23.7. The number of rotatable bonds is 45. The monoisotopic (exact) mass is 789 g/mol. The van der Waals surface area contributed by atoms with E-state index in [-0.39, 0.29) is 25.7 Å². The second kappa shape index (κ2) is 42.1. The third kappa shape index (κ3) is 39.7. The van der Waals surface area contributed by atoms with Crippen LogP contribution in [0.15, 0.2) is 0 Å². The van der Waals surface area contributed by atoms with Crippen LogP contribution in [0, 0.1) is 0 Å². The molecule has 8 nitrogen and oxygen atoms in total. The van der Waals surface area contributed by atoms with Crippen LogP contribution in [0.5, 0.6) is 0 Å². The van der Waals surface area contributed by atoms with Crippen LogP contribution in [0.3, 0.4) is 0 Å². The molecule has 0 aromatic heterocycles. The zero-order chi connectivity index (χ0) is 39.6. The first-order valence-corrected chi connectivity index (χ1v) is 25.1. The third-order valence-electron chi connectivity index (χ3n) is 11.0. The van der Waals surface area contributed by atoms with Crippen molar-refractivity contribution in [1.29, 1.82) is 0 Å². The lowest BCUT2D eigenvalue weighted by atomic mass is 10.0. The number of unbranched alkanes of at least 4 members (excludes halogenated alkanes) is 33. The van der Waals surface area contributed by atoms with Crippen molar-refractivity contribution in [2.24, 2.45) is 5.73 Å². The van der Waals surface area contributed by atoms with E-state index in [9.17, 15) is 19.4 Å².